The summed E-state index contributed by atoms with van der Waals surface area (Å²) in [5.41, 5.74) is 2.83. The van der Waals surface area contributed by atoms with Crippen molar-refractivity contribution in [3.8, 4) is 0 Å². The minimum absolute atomic E-state index is 0.149. The van der Waals surface area contributed by atoms with Crippen LogP contribution < -0.4 is 5.32 Å². The third-order valence-corrected chi connectivity index (χ3v) is 6.98. The lowest BCUT2D eigenvalue weighted by Crippen LogP contribution is -2.47. The van der Waals surface area contributed by atoms with E-state index in [0.717, 1.165) is 27.0 Å². The van der Waals surface area contributed by atoms with E-state index >= 15 is 0 Å². The Morgan fingerprint density at radius 3 is 2.74 bits per heavy atom. The molecular formula is C22H24ClN3O4S. The van der Waals surface area contributed by atoms with Crippen molar-refractivity contribution < 1.29 is 19.8 Å². The van der Waals surface area contributed by atoms with E-state index < -0.39 is 19.1 Å². The number of aliphatic hydroxyl groups excluding tert-OH is 2. The summed E-state index contributed by atoms with van der Waals surface area (Å²) >= 11 is 7.44. The number of hydrogen-bond acceptors (Lipinski definition) is 5. The van der Waals surface area contributed by atoms with Crippen molar-refractivity contribution in [3.05, 3.63) is 57.6 Å². The molecule has 0 spiro atoms. The van der Waals surface area contributed by atoms with E-state index in [1.807, 2.05) is 36.4 Å². The predicted octanol–water partition coefficient (Wildman–Crippen LogP) is 2.27. The largest absolute Gasteiger partial charge is 0.395 e. The van der Waals surface area contributed by atoms with Crippen molar-refractivity contribution >= 4 is 45.0 Å². The summed E-state index contributed by atoms with van der Waals surface area (Å²) in [6, 6.07) is 10.9. The summed E-state index contributed by atoms with van der Waals surface area (Å²) in [6.45, 7) is -0.863. The van der Waals surface area contributed by atoms with Crippen LogP contribution in [0.2, 0.25) is 4.34 Å². The molecule has 0 saturated heterocycles. The fraction of sp³-hybridized carbons (Fsp3) is 0.364. The van der Waals surface area contributed by atoms with Crippen LogP contribution in [-0.2, 0) is 22.4 Å². The Morgan fingerprint density at radius 2 is 2.03 bits per heavy atom. The maximum absolute atomic E-state index is 12.8. The SMILES string of the molecule is CN(C(=O)C(CO)CO)[C@@H]1c2ccccc2C[C@H]1NC(=O)Cc1cc2cc(Cl)sc2[nH]1. The van der Waals surface area contributed by atoms with Gasteiger partial charge in [0.1, 0.15) is 4.83 Å². The Bertz CT molecular complexity index is 1080. The number of halogens is 1. The van der Waals surface area contributed by atoms with Gasteiger partial charge in [-0.05, 0) is 29.7 Å². The monoisotopic (exact) mass is 461 g/mol. The van der Waals surface area contributed by atoms with Crippen LogP contribution in [0.15, 0.2) is 36.4 Å². The fourth-order valence-corrected chi connectivity index (χ4v) is 5.44. The number of nitrogens with zero attached hydrogens (tertiary/aromatic N) is 1. The molecule has 0 aliphatic heterocycles. The van der Waals surface area contributed by atoms with Gasteiger partial charge in [-0.2, -0.15) is 0 Å². The highest BCUT2D eigenvalue weighted by molar-refractivity contribution is 7.22. The molecule has 0 fully saturated rings. The van der Waals surface area contributed by atoms with Crippen LogP contribution in [0.1, 0.15) is 22.9 Å². The van der Waals surface area contributed by atoms with Crippen LogP contribution in [0.3, 0.4) is 0 Å². The second-order valence-corrected chi connectivity index (χ2v) is 9.52. The van der Waals surface area contributed by atoms with Crippen molar-refractivity contribution in [1.29, 1.82) is 0 Å². The zero-order valence-electron chi connectivity index (χ0n) is 17.0. The summed E-state index contributed by atoms with van der Waals surface area (Å²) in [6.07, 6.45) is 0.786. The number of nitrogens with one attached hydrogen (secondary N) is 2. The van der Waals surface area contributed by atoms with Crippen LogP contribution in [-0.4, -0.2) is 58.2 Å². The molecule has 1 aromatic carbocycles. The zero-order chi connectivity index (χ0) is 22.1. The Labute approximate surface area is 188 Å². The number of aromatic amines is 1. The number of aliphatic hydroxyl groups is 2. The number of carbonyl (C=O) groups is 2. The van der Waals surface area contributed by atoms with Gasteiger partial charge in [-0.1, -0.05) is 35.9 Å². The van der Waals surface area contributed by atoms with Crippen molar-refractivity contribution in [1.82, 2.24) is 15.2 Å². The fourth-order valence-electron chi connectivity index (χ4n) is 4.30. The molecule has 3 aromatic rings. The Balaban J connectivity index is 1.52. The molecule has 0 bridgehead atoms. The summed E-state index contributed by atoms with van der Waals surface area (Å²) in [5, 5.41) is 22.9. The molecule has 31 heavy (non-hydrogen) atoms. The summed E-state index contributed by atoms with van der Waals surface area (Å²) in [7, 11) is 1.65. The molecule has 1 aliphatic carbocycles. The Morgan fingerprint density at radius 1 is 1.29 bits per heavy atom. The van der Waals surface area contributed by atoms with Gasteiger partial charge in [0.15, 0.2) is 0 Å². The molecule has 0 unspecified atom stereocenters. The lowest BCUT2D eigenvalue weighted by molar-refractivity contribution is -0.140. The topological polar surface area (TPSA) is 106 Å². The first-order chi connectivity index (χ1) is 14.9. The summed E-state index contributed by atoms with van der Waals surface area (Å²) in [4.78, 5) is 31.3. The first-order valence-corrected chi connectivity index (χ1v) is 11.2. The zero-order valence-corrected chi connectivity index (χ0v) is 18.5. The molecule has 2 aromatic heterocycles. The molecule has 1 aliphatic rings. The number of aromatic nitrogens is 1. The molecule has 2 heterocycles. The number of likely N-dealkylation sites (N-methyl/N-ethyl adjacent to an activating group) is 1. The molecule has 9 heteroatoms. The number of rotatable bonds is 7. The van der Waals surface area contributed by atoms with Gasteiger partial charge in [0.25, 0.3) is 0 Å². The first kappa shape index (κ1) is 21.8. The summed E-state index contributed by atoms with van der Waals surface area (Å²) < 4.78 is 0.695. The number of carbonyl (C=O) groups excluding carboxylic acids is 2. The second kappa shape index (κ2) is 9.00. The number of hydrogen-bond donors (Lipinski definition) is 4. The minimum atomic E-state index is -0.882. The third-order valence-electron chi connectivity index (χ3n) is 5.78. The lowest BCUT2D eigenvalue weighted by Gasteiger charge is -2.33. The van der Waals surface area contributed by atoms with Crippen molar-refractivity contribution in [2.24, 2.45) is 5.92 Å². The molecule has 2 atom stereocenters. The molecule has 2 amide bonds. The summed E-state index contributed by atoms with van der Waals surface area (Å²) in [5.74, 6) is -1.38. The van der Waals surface area contributed by atoms with E-state index in [1.54, 1.807) is 7.05 Å². The van der Waals surface area contributed by atoms with E-state index in [0.29, 0.717) is 10.8 Å². The van der Waals surface area contributed by atoms with Crippen molar-refractivity contribution in [2.75, 3.05) is 20.3 Å². The average Bonchev–Trinajstić information content (AvgIpc) is 3.38. The second-order valence-electron chi connectivity index (χ2n) is 7.84. The van der Waals surface area contributed by atoms with Crippen LogP contribution in [0.25, 0.3) is 10.2 Å². The number of thiophene rings is 1. The molecule has 7 nitrogen and oxygen atoms in total. The highest BCUT2D eigenvalue weighted by atomic mass is 35.5. The maximum Gasteiger partial charge on any atom is 0.230 e. The number of benzene rings is 1. The van der Waals surface area contributed by atoms with E-state index in [2.05, 4.69) is 10.3 Å². The van der Waals surface area contributed by atoms with Crippen molar-refractivity contribution in [3.63, 3.8) is 0 Å². The van der Waals surface area contributed by atoms with Crippen LogP contribution in [0.4, 0.5) is 0 Å². The Hall–Kier alpha value is -2.39. The van der Waals surface area contributed by atoms with Gasteiger partial charge in [-0.25, -0.2) is 0 Å². The van der Waals surface area contributed by atoms with E-state index in [-0.39, 0.29) is 30.3 Å². The van der Waals surface area contributed by atoms with Crippen LogP contribution >= 0.6 is 22.9 Å². The smallest absolute Gasteiger partial charge is 0.230 e. The maximum atomic E-state index is 12.8. The van der Waals surface area contributed by atoms with Gasteiger partial charge >= 0.3 is 0 Å². The highest BCUT2D eigenvalue weighted by Crippen LogP contribution is 2.36. The average molecular weight is 462 g/mol. The molecule has 0 radical (unpaired) electrons. The van der Waals surface area contributed by atoms with Gasteiger partial charge in [0.2, 0.25) is 11.8 Å². The molecule has 0 saturated carbocycles. The van der Waals surface area contributed by atoms with Gasteiger partial charge in [0.05, 0.1) is 42.0 Å². The van der Waals surface area contributed by atoms with E-state index in [9.17, 15) is 19.8 Å². The van der Waals surface area contributed by atoms with E-state index in [4.69, 9.17) is 11.6 Å². The van der Waals surface area contributed by atoms with Gasteiger partial charge in [-0.3, -0.25) is 9.59 Å². The molecule has 4 rings (SSSR count). The molecule has 164 valence electrons. The van der Waals surface area contributed by atoms with Crippen LogP contribution in [0.5, 0.6) is 0 Å². The first-order valence-electron chi connectivity index (χ1n) is 10.0. The minimum Gasteiger partial charge on any atom is -0.395 e. The number of H-pyrrole nitrogens is 1. The normalized spacial score (nSPS) is 17.8. The standard InChI is InChI=1S/C22H24ClN3O4S/c1-26(22(30)14(10-27)11-28)20-16-5-3-2-4-12(16)7-17(20)25-19(29)9-15-6-13-8-18(23)31-21(13)24-15/h2-6,8,14,17,20,24,27-28H,7,9-11H2,1H3,(H,25,29)/t17-,20-/m1/s1. The van der Waals surface area contributed by atoms with Gasteiger partial charge in [-0.15, -0.1) is 11.3 Å². The highest BCUT2D eigenvalue weighted by Gasteiger charge is 2.39. The quantitative estimate of drug-likeness (QED) is 0.433. The third kappa shape index (κ3) is 4.34. The molecular weight excluding hydrogens is 438 g/mol. The molecule has 4 N–H and O–H groups in total. The van der Waals surface area contributed by atoms with E-state index in [1.165, 1.54) is 16.2 Å². The van der Waals surface area contributed by atoms with Crippen molar-refractivity contribution in [2.45, 2.75) is 24.9 Å². The predicted molar refractivity (Wildman–Crippen MR) is 120 cm³/mol. The Kier molecular flexibility index (Phi) is 6.34. The van der Waals surface area contributed by atoms with Gasteiger partial charge < -0.3 is 25.4 Å². The number of amides is 2. The van der Waals surface area contributed by atoms with Crippen LogP contribution in [0, 0.1) is 5.92 Å². The van der Waals surface area contributed by atoms with Gasteiger partial charge in [0, 0.05) is 18.1 Å². The lowest BCUT2D eigenvalue weighted by atomic mass is 10.0. The number of fused-ring (bicyclic) bond motifs is 2.